The van der Waals surface area contributed by atoms with Crippen molar-refractivity contribution >= 4 is 15.9 Å². The fourth-order valence-electron chi connectivity index (χ4n) is 2.05. The number of likely N-dealkylation sites (N-methyl/N-ethyl adjacent to an activating group) is 1. The highest BCUT2D eigenvalue weighted by atomic mass is 79.9. The minimum Gasteiger partial charge on any atom is -0.313 e. The number of hydrogen-bond donors (Lipinski definition) is 1. The summed E-state index contributed by atoms with van der Waals surface area (Å²) in [5.41, 5.74) is 1.41. The molecule has 0 heterocycles. The van der Waals surface area contributed by atoms with Gasteiger partial charge < -0.3 is 5.32 Å². The average Bonchev–Trinajstić information content (AvgIpc) is 2.37. The van der Waals surface area contributed by atoms with Gasteiger partial charge in [-0.3, -0.25) is 0 Å². The van der Waals surface area contributed by atoms with Crippen molar-refractivity contribution in [2.75, 3.05) is 7.05 Å². The highest BCUT2D eigenvalue weighted by Gasteiger charge is 2.15. The number of halogens is 3. The third-order valence-electron chi connectivity index (χ3n) is 3.02. The van der Waals surface area contributed by atoms with Crippen LogP contribution in [0.25, 0.3) is 0 Å². The van der Waals surface area contributed by atoms with E-state index in [1.54, 1.807) is 25.2 Å². The summed E-state index contributed by atoms with van der Waals surface area (Å²) in [6, 6.07) is 11.2. The van der Waals surface area contributed by atoms with Crippen LogP contribution in [0.2, 0.25) is 0 Å². The summed E-state index contributed by atoms with van der Waals surface area (Å²) in [5, 5.41) is 3.07. The lowest BCUT2D eigenvalue weighted by Crippen LogP contribution is -2.20. The zero-order valence-electron chi connectivity index (χ0n) is 10.5. The van der Waals surface area contributed by atoms with Gasteiger partial charge in [0.1, 0.15) is 11.6 Å². The maximum atomic E-state index is 13.9. The van der Waals surface area contributed by atoms with Crippen LogP contribution in [0.5, 0.6) is 0 Å². The summed E-state index contributed by atoms with van der Waals surface area (Å²) in [7, 11) is 1.77. The first kappa shape index (κ1) is 14.2. The summed E-state index contributed by atoms with van der Waals surface area (Å²) in [6.07, 6.45) is 0.535. The van der Waals surface area contributed by atoms with Crippen LogP contribution >= 0.6 is 15.9 Å². The van der Waals surface area contributed by atoms with Crippen molar-refractivity contribution in [2.24, 2.45) is 0 Å². The molecular formula is C15H14BrF2N. The SMILES string of the molecule is CNC(Cc1cccc(F)c1)c1ccc(Br)cc1F. The molecule has 0 aliphatic rings. The molecule has 4 heteroatoms. The molecule has 0 saturated carbocycles. The Bertz CT molecular complexity index is 572. The van der Waals surface area contributed by atoms with Crippen molar-refractivity contribution in [3.05, 3.63) is 69.7 Å². The van der Waals surface area contributed by atoms with Gasteiger partial charge in [0.05, 0.1) is 0 Å². The van der Waals surface area contributed by atoms with E-state index in [1.165, 1.54) is 18.2 Å². The fourth-order valence-corrected chi connectivity index (χ4v) is 2.38. The fraction of sp³-hybridized carbons (Fsp3) is 0.200. The molecule has 0 radical (unpaired) electrons. The molecule has 0 saturated heterocycles. The molecule has 0 aromatic heterocycles. The predicted molar refractivity (Wildman–Crippen MR) is 76.0 cm³/mol. The van der Waals surface area contributed by atoms with Crippen molar-refractivity contribution in [3.8, 4) is 0 Å². The van der Waals surface area contributed by atoms with Crippen molar-refractivity contribution in [2.45, 2.75) is 12.5 Å². The quantitative estimate of drug-likeness (QED) is 0.887. The zero-order valence-corrected chi connectivity index (χ0v) is 12.0. The minimum atomic E-state index is -0.274. The Kier molecular flexibility index (Phi) is 4.66. The number of benzene rings is 2. The second-order valence-corrected chi connectivity index (χ2v) is 5.26. The molecule has 0 spiro atoms. The topological polar surface area (TPSA) is 12.0 Å². The van der Waals surface area contributed by atoms with E-state index in [1.807, 2.05) is 6.07 Å². The Morgan fingerprint density at radius 2 is 1.95 bits per heavy atom. The molecule has 2 aromatic carbocycles. The van der Waals surface area contributed by atoms with Gasteiger partial charge in [-0.1, -0.05) is 34.1 Å². The first-order chi connectivity index (χ1) is 9.10. The van der Waals surface area contributed by atoms with Gasteiger partial charge in [0.25, 0.3) is 0 Å². The van der Waals surface area contributed by atoms with Gasteiger partial charge in [0, 0.05) is 16.1 Å². The predicted octanol–water partition coefficient (Wildman–Crippen LogP) is 4.23. The summed E-state index contributed by atoms with van der Waals surface area (Å²) >= 11 is 3.23. The molecule has 0 bridgehead atoms. The van der Waals surface area contributed by atoms with E-state index in [-0.39, 0.29) is 17.7 Å². The molecule has 19 heavy (non-hydrogen) atoms. The Morgan fingerprint density at radius 1 is 1.16 bits per heavy atom. The van der Waals surface area contributed by atoms with E-state index in [9.17, 15) is 8.78 Å². The van der Waals surface area contributed by atoms with Crippen molar-refractivity contribution in [1.29, 1.82) is 0 Å². The van der Waals surface area contributed by atoms with Gasteiger partial charge in [0.2, 0.25) is 0 Å². The molecule has 0 aliphatic heterocycles. The monoisotopic (exact) mass is 325 g/mol. The summed E-state index contributed by atoms with van der Waals surface area (Å²) < 4.78 is 27.8. The lowest BCUT2D eigenvalue weighted by Gasteiger charge is -2.17. The van der Waals surface area contributed by atoms with E-state index < -0.39 is 0 Å². The molecule has 1 nitrogen and oxygen atoms in total. The normalized spacial score (nSPS) is 12.4. The van der Waals surface area contributed by atoms with Crippen LogP contribution in [0, 0.1) is 11.6 Å². The Balaban J connectivity index is 2.25. The van der Waals surface area contributed by atoms with Crippen LogP contribution < -0.4 is 5.32 Å². The van der Waals surface area contributed by atoms with Gasteiger partial charge in [-0.15, -0.1) is 0 Å². The molecule has 1 atom stereocenters. The molecular weight excluding hydrogens is 312 g/mol. The maximum Gasteiger partial charge on any atom is 0.129 e. The van der Waals surface area contributed by atoms with Crippen LogP contribution in [0.15, 0.2) is 46.9 Å². The molecule has 2 rings (SSSR count). The van der Waals surface area contributed by atoms with Crippen LogP contribution in [-0.4, -0.2) is 7.05 Å². The van der Waals surface area contributed by atoms with Gasteiger partial charge in [0.15, 0.2) is 0 Å². The minimum absolute atomic E-state index is 0.185. The number of nitrogens with one attached hydrogen (secondary N) is 1. The third kappa shape index (κ3) is 3.61. The van der Waals surface area contributed by atoms with Crippen LogP contribution in [-0.2, 0) is 6.42 Å². The highest BCUT2D eigenvalue weighted by molar-refractivity contribution is 9.10. The maximum absolute atomic E-state index is 13.9. The molecule has 2 aromatic rings. The van der Waals surface area contributed by atoms with Crippen molar-refractivity contribution in [1.82, 2.24) is 5.32 Å². The second-order valence-electron chi connectivity index (χ2n) is 4.34. The van der Waals surface area contributed by atoms with Gasteiger partial charge in [-0.05, 0) is 43.3 Å². The second kappa shape index (κ2) is 6.26. The Morgan fingerprint density at radius 3 is 2.58 bits per heavy atom. The molecule has 0 amide bonds. The van der Waals surface area contributed by atoms with E-state index >= 15 is 0 Å². The summed E-state index contributed by atoms with van der Waals surface area (Å²) in [4.78, 5) is 0. The number of hydrogen-bond acceptors (Lipinski definition) is 1. The average molecular weight is 326 g/mol. The van der Waals surface area contributed by atoms with Gasteiger partial charge >= 0.3 is 0 Å². The van der Waals surface area contributed by atoms with Crippen LogP contribution in [0.1, 0.15) is 17.2 Å². The van der Waals surface area contributed by atoms with Gasteiger partial charge in [-0.2, -0.15) is 0 Å². The smallest absolute Gasteiger partial charge is 0.129 e. The van der Waals surface area contributed by atoms with Crippen LogP contribution in [0.4, 0.5) is 8.78 Å². The number of rotatable bonds is 4. The molecule has 0 fully saturated rings. The molecule has 100 valence electrons. The zero-order chi connectivity index (χ0) is 13.8. The first-order valence-corrected chi connectivity index (χ1v) is 6.76. The lowest BCUT2D eigenvalue weighted by molar-refractivity contribution is 0.532. The van der Waals surface area contributed by atoms with E-state index in [0.29, 0.717) is 16.5 Å². The first-order valence-electron chi connectivity index (χ1n) is 5.97. The van der Waals surface area contributed by atoms with E-state index in [0.717, 1.165) is 5.56 Å². The molecule has 0 aliphatic carbocycles. The van der Waals surface area contributed by atoms with Crippen LogP contribution in [0.3, 0.4) is 0 Å². The van der Waals surface area contributed by atoms with Crippen molar-refractivity contribution in [3.63, 3.8) is 0 Å². The molecule has 1 unspecified atom stereocenters. The lowest BCUT2D eigenvalue weighted by atomic mass is 9.98. The Labute approximate surface area is 119 Å². The summed E-state index contributed by atoms with van der Waals surface area (Å²) in [6.45, 7) is 0. The standard InChI is InChI=1S/C15H14BrF2N/c1-19-15(8-10-3-2-4-12(17)7-10)13-6-5-11(16)9-14(13)18/h2-7,9,15,19H,8H2,1H3. The van der Waals surface area contributed by atoms with E-state index in [2.05, 4.69) is 21.2 Å². The van der Waals surface area contributed by atoms with Crippen molar-refractivity contribution < 1.29 is 8.78 Å². The highest BCUT2D eigenvalue weighted by Crippen LogP contribution is 2.24. The largest absolute Gasteiger partial charge is 0.313 e. The third-order valence-corrected chi connectivity index (χ3v) is 3.51. The molecule has 1 N–H and O–H groups in total. The van der Waals surface area contributed by atoms with Gasteiger partial charge in [-0.25, -0.2) is 8.78 Å². The summed E-state index contributed by atoms with van der Waals surface area (Å²) in [5.74, 6) is -0.547. The van der Waals surface area contributed by atoms with E-state index in [4.69, 9.17) is 0 Å². The Hall–Kier alpha value is -1.26.